The number of piperidine rings is 1. The number of likely N-dealkylation sites (tertiary alicyclic amines) is 1. The second-order valence-electron chi connectivity index (χ2n) is 9.47. The Balaban J connectivity index is 1.40. The average Bonchev–Trinajstić information content (AvgIpc) is 2.94. The van der Waals surface area contributed by atoms with E-state index in [1.165, 1.54) is 6.08 Å². The first kappa shape index (κ1) is 25.2. The summed E-state index contributed by atoms with van der Waals surface area (Å²) in [6.45, 7) is 5.72. The van der Waals surface area contributed by atoms with Crippen molar-refractivity contribution in [3.63, 3.8) is 0 Å². The molecule has 38 heavy (non-hydrogen) atoms. The van der Waals surface area contributed by atoms with Gasteiger partial charge in [0.2, 0.25) is 11.9 Å². The van der Waals surface area contributed by atoms with Crippen LogP contribution in [-0.4, -0.2) is 54.1 Å². The zero-order chi connectivity index (χ0) is 26.5. The quantitative estimate of drug-likeness (QED) is 0.264. The van der Waals surface area contributed by atoms with Gasteiger partial charge in [0.05, 0.1) is 18.3 Å². The molecule has 1 aliphatic rings. The number of aromatic nitrogens is 2. The minimum Gasteiger partial charge on any atom is -0.494 e. The highest BCUT2D eigenvalue weighted by atomic mass is 16.5. The Kier molecular flexibility index (Phi) is 7.51. The molecule has 0 saturated carbocycles. The standard InChI is InChI=1S/C30H32N6O2/c1-4-28(37)33-23-9-5-7-20(17-23)25-10-6-8-21-19-31-30(35-29(21)25)34-26-12-11-24(18-27(26)38-3)32-22-13-15-36(2)16-14-22/h4-12,17-19,22,32H,1,13-16H2,2-3H3,(H,33,37)(H,31,34,35). The van der Waals surface area contributed by atoms with E-state index in [0.717, 1.165) is 59.3 Å². The Morgan fingerprint density at radius 2 is 1.89 bits per heavy atom. The molecule has 0 spiro atoms. The minimum atomic E-state index is -0.254. The number of rotatable bonds is 8. The number of fused-ring (bicyclic) bond motifs is 1. The number of nitrogens with one attached hydrogen (secondary N) is 3. The fraction of sp³-hybridized carbons (Fsp3) is 0.233. The summed E-state index contributed by atoms with van der Waals surface area (Å²) in [4.78, 5) is 23.5. The second-order valence-corrected chi connectivity index (χ2v) is 9.47. The van der Waals surface area contributed by atoms with Crippen molar-refractivity contribution in [2.24, 2.45) is 0 Å². The number of para-hydroxylation sites is 1. The predicted molar refractivity (Wildman–Crippen MR) is 154 cm³/mol. The van der Waals surface area contributed by atoms with Crippen molar-refractivity contribution in [2.45, 2.75) is 18.9 Å². The number of hydrogen-bond acceptors (Lipinski definition) is 7. The molecule has 4 aromatic rings. The van der Waals surface area contributed by atoms with Gasteiger partial charge in [-0.25, -0.2) is 9.97 Å². The molecule has 1 amide bonds. The van der Waals surface area contributed by atoms with Crippen molar-refractivity contribution in [3.05, 3.63) is 79.5 Å². The van der Waals surface area contributed by atoms with Crippen LogP contribution in [0.25, 0.3) is 22.0 Å². The highest BCUT2D eigenvalue weighted by Crippen LogP contribution is 2.33. The predicted octanol–water partition coefficient (Wildman–Crippen LogP) is 5.68. The van der Waals surface area contributed by atoms with Crippen LogP contribution < -0.4 is 20.7 Å². The third kappa shape index (κ3) is 5.76. The van der Waals surface area contributed by atoms with Gasteiger partial charge in [-0.3, -0.25) is 4.79 Å². The first-order valence-electron chi connectivity index (χ1n) is 12.7. The Bertz CT molecular complexity index is 1460. The van der Waals surface area contributed by atoms with E-state index in [1.54, 1.807) is 13.3 Å². The van der Waals surface area contributed by atoms with E-state index in [0.29, 0.717) is 23.4 Å². The monoisotopic (exact) mass is 508 g/mol. The molecule has 1 aromatic heterocycles. The molecule has 2 heterocycles. The summed E-state index contributed by atoms with van der Waals surface area (Å²) in [5.41, 5.74) is 5.18. The Labute approximate surface area is 222 Å². The van der Waals surface area contributed by atoms with Crippen molar-refractivity contribution in [1.29, 1.82) is 0 Å². The first-order chi connectivity index (χ1) is 18.5. The molecule has 1 fully saturated rings. The number of ether oxygens (including phenoxy) is 1. The minimum absolute atomic E-state index is 0.254. The Morgan fingerprint density at radius 1 is 1.08 bits per heavy atom. The number of methoxy groups -OCH3 is 1. The van der Waals surface area contributed by atoms with Gasteiger partial charge in [-0.2, -0.15) is 0 Å². The van der Waals surface area contributed by atoms with E-state index in [2.05, 4.69) is 45.5 Å². The lowest BCUT2D eigenvalue weighted by atomic mass is 10.0. The molecule has 194 valence electrons. The van der Waals surface area contributed by atoms with Gasteiger partial charge in [0.15, 0.2) is 0 Å². The van der Waals surface area contributed by atoms with Gasteiger partial charge >= 0.3 is 0 Å². The third-order valence-corrected chi connectivity index (χ3v) is 6.77. The summed E-state index contributed by atoms with van der Waals surface area (Å²) < 4.78 is 5.69. The van der Waals surface area contributed by atoms with Gasteiger partial charge in [-0.1, -0.05) is 36.9 Å². The normalized spacial score (nSPS) is 14.2. The van der Waals surface area contributed by atoms with Gasteiger partial charge < -0.3 is 25.6 Å². The molecule has 8 nitrogen and oxygen atoms in total. The van der Waals surface area contributed by atoms with Crippen LogP contribution in [0.2, 0.25) is 0 Å². The number of carbonyl (C=O) groups excluding carboxylic acids is 1. The van der Waals surface area contributed by atoms with Crippen molar-refractivity contribution >= 4 is 39.8 Å². The SMILES string of the molecule is C=CC(=O)Nc1cccc(-c2cccc3cnc(Nc4ccc(NC5CCN(C)CC5)cc4OC)nc23)c1. The van der Waals surface area contributed by atoms with Crippen LogP contribution in [0.3, 0.4) is 0 Å². The maximum atomic E-state index is 11.8. The fourth-order valence-electron chi connectivity index (χ4n) is 4.70. The molecule has 1 aliphatic heterocycles. The van der Waals surface area contributed by atoms with Crippen LogP contribution in [0.4, 0.5) is 23.0 Å². The van der Waals surface area contributed by atoms with Crippen molar-refractivity contribution in [1.82, 2.24) is 14.9 Å². The summed E-state index contributed by atoms with van der Waals surface area (Å²) >= 11 is 0. The zero-order valence-electron chi connectivity index (χ0n) is 21.7. The summed E-state index contributed by atoms with van der Waals surface area (Å²) in [7, 11) is 3.83. The van der Waals surface area contributed by atoms with Crippen LogP contribution >= 0.6 is 0 Å². The molecule has 0 radical (unpaired) electrons. The fourth-order valence-corrected chi connectivity index (χ4v) is 4.70. The lowest BCUT2D eigenvalue weighted by molar-refractivity contribution is -0.111. The van der Waals surface area contributed by atoms with Crippen molar-refractivity contribution in [3.8, 4) is 16.9 Å². The molecule has 3 N–H and O–H groups in total. The van der Waals surface area contributed by atoms with E-state index in [1.807, 2.05) is 54.6 Å². The molecule has 0 aliphatic carbocycles. The highest BCUT2D eigenvalue weighted by Gasteiger charge is 2.17. The van der Waals surface area contributed by atoms with Gasteiger partial charge in [-0.15, -0.1) is 0 Å². The van der Waals surface area contributed by atoms with E-state index in [9.17, 15) is 4.79 Å². The second kappa shape index (κ2) is 11.3. The van der Waals surface area contributed by atoms with Crippen LogP contribution in [0, 0.1) is 0 Å². The lowest BCUT2D eigenvalue weighted by Gasteiger charge is -2.30. The molecular formula is C30H32N6O2. The number of anilines is 4. The van der Waals surface area contributed by atoms with Crippen molar-refractivity contribution < 1.29 is 9.53 Å². The van der Waals surface area contributed by atoms with Gasteiger partial charge in [0, 0.05) is 40.6 Å². The van der Waals surface area contributed by atoms with Crippen LogP contribution in [0.1, 0.15) is 12.8 Å². The molecular weight excluding hydrogens is 476 g/mol. The smallest absolute Gasteiger partial charge is 0.247 e. The topological polar surface area (TPSA) is 91.4 Å². The molecule has 0 atom stereocenters. The van der Waals surface area contributed by atoms with Gasteiger partial charge in [0.1, 0.15) is 5.75 Å². The summed E-state index contributed by atoms with van der Waals surface area (Å²) in [6.07, 6.45) is 5.30. The zero-order valence-corrected chi connectivity index (χ0v) is 21.7. The number of carbonyl (C=O) groups is 1. The summed E-state index contributed by atoms with van der Waals surface area (Å²) in [6, 6.07) is 20.1. The van der Waals surface area contributed by atoms with Crippen LogP contribution in [0.15, 0.2) is 79.5 Å². The van der Waals surface area contributed by atoms with Gasteiger partial charge in [-0.05, 0) is 68.9 Å². The number of hydrogen-bond donors (Lipinski definition) is 3. The first-order valence-corrected chi connectivity index (χ1v) is 12.7. The molecule has 5 rings (SSSR count). The van der Waals surface area contributed by atoms with E-state index in [4.69, 9.17) is 9.72 Å². The Morgan fingerprint density at radius 3 is 2.68 bits per heavy atom. The number of amides is 1. The van der Waals surface area contributed by atoms with E-state index in [-0.39, 0.29) is 5.91 Å². The Hall–Kier alpha value is -4.43. The van der Waals surface area contributed by atoms with Crippen LogP contribution in [0.5, 0.6) is 5.75 Å². The van der Waals surface area contributed by atoms with E-state index < -0.39 is 0 Å². The molecule has 0 bridgehead atoms. The number of nitrogens with zero attached hydrogens (tertiary/aromatic N) is 3. The summed E-state index contributed by atoms with van der Waals surface area (Å²) in [5, 5.41) is 10.7. The third-order valence-electron chi connectivity index (χ3n) is 6.77. The largest absolute Gasteiger partial charge is 0.494 e. The molecule has 8 heteroatoms. The average molecular weight is 509 g/mol. The van der Waals surface area contributed by atoms with E-state index >= 15 is 0 Å². The summed E-state index contributed by atoms with van der Waals surface area (Å²) in [5.74, 6) is 0.927. The molecule has 1 saturated heterocycles. The lowest BCUT2D eigenvalue weighted by Crippen LogP contribution is -2.36. The van der Waals surface area contributed by atoms with Crippen molar-refractivity contribution in [2.75, 3.05) is 43.2 Å². The number of benzene rings is 3. The maximum absolute atomic E-state index is 11.8. The molecule has 3 aromatic carbocycles. The van der Waals surface area contributed by atoms with Crippen LogP contribution in [-0.2, 0) is 4.79 Å². The van der Waals surface area contributed by atoms with Gasteiger partial charge in [0.25, 0.3) is 0 Å². The highest BCUT2D eigenvalue weighted by molar-refractivity contribution is 6.00. The maximum Gasteiger partial charge on any atom is 0.247 e. The molecule has 0 unspecified atom stereocenters.